The number of aryl methyl sites for hydroxylation is 2. The van der Waals surface area contributed by atoms with Gasteiger partial charge in [0.05, 0.1) is 17.6 Å². The summed E-state index contributed by atoms with van der Waals surface area (Å²) in [4.78, 5) is 4.49. The SMILES string of the molecule is Cc1nc2cc(C3CO3)ccc2n1C. The van der Waals surface area contributed by atoms with Crippen molar-refractivity contribution in [1.29, 1.82) is 0 Å². The van der Waals surface area contributed by atoms with Gasteiger partial charge < -0.3 is 9.30 Å². The molecule has 1 unspecified atom stereocenters. The van der Waals surface area contributed by atoms with Crippen LogP contribution < -0.4 is 0 Å². The lowest BCUT2D eigenvalue weighted by Crippen LogP contribution is -1.89. The van der Waals surface area contributed by atoms with E-state index in [1.807, 2.05) is 14.0 Å². The molecule has 0 saturated carbocycles. The summed E-state index contributed by atoms with van der Waals surface area (Å²) in [6.45, 7) is 2.88. The van der Waals surface area contributed by atoms with Crippen LogP contribution in [0.5, 0.6) is 0 Å². The van der Waals surface area contributed by atoms with E-state index in [1.54, 1.807) is 0 Å². The topological polar surface area (TPSA) is 30.4 Å². The minimum atomic E-state index is 0.321. The van der Waals surface area contributed by atoms with Crippen molar-refractivity contribution in [2.45, 2.75) is 13.0 Å². The highest BCUT2D eigenvalue weighted by Crippen LogP contribution is 2.31. The van der Waals surface area contributed by atoms with Gasteiger partial charge in [0.15, 0.2) is 0 Å². The van der Waals surface area contributed by atoms with Gasteiger partial charge in [-0.1, -0.05) is 6.07 Å². The zero-order valence-electron chi connectivity index (χ0n) is 8.32. The lowest BCUT2D eigenvalue weighted by molar-refractivity contribution is 0.416. The van der Waals surface area contributed by atoms with Crippen LogP contribution in [0.15, 0.2) is 18.2 Å². The van der Waals surface area contributed by atoms with E-state index >= 15 is 0 Å². The van der Waals surface area contributed by atoms with E-state index in [1.165, 1.54) is 11.1 Å². The zero-order chi connectivity index (χ0) is 9.71. The fraction of sp³-hybridized carbons (Fsp3) is 0.364. The largest absolute Gasteiger partial charge is 0.368 e. The molecule has 0 amide bonds. The number of hydrogen-bond acceptors (Lipinski definition) is 2. The van der Waals surface area contributed by atoms with E-state index in [2.05, 4.69) is 27.8 Å². The number of rotatable bonds is 1. The van der Waals surface area contributed by atoms with E-state index in [9.17, 15) is 0 Å². The summed E-state index contributed by atoms with van der Waals surface area (Å²) >= 11 is 0. The van der Waals surface area contributed by atoms with Gasteiger partial charge in [0, 0.05) is 7.05 Å². The molecule has 2 heterocycles. The molecule has 14 heavy (non-hydrogen) atoms. The van der Waals surface area contributed by atoms with Crippen LogP contribution in [0.3, 0.4) is 0 Å². The number of imidazole rings is 1. The van der Waals surface area contributed by atoms with Crippen molar-refractivity contribution in [1.82, 2.24) is 9.55 Å². The van der Waals surface area contributed by atoms with Gasteiger partial charge in [0.2, 0.25) is 0 Å². The van der Waals surface area contributed by atoms with Gasteiger partial charge in [-0.05, 0) is 24.6 Å². The number of hydrogen-bond donors (Lipinski definition) is 0. The van der Waals surface area contributed by atoms with Crippen molar-refractivity contribution in [2.24, 2.45) is 7.05 Å². The van der Waals surface area contributed by atoms with Crippen LogP contribution in [0.25, 0.3) is 11.0 Å². The average Bonchev–Trinajstić information content (AvgIpc) is 2.96. The van der Waals surface area contributed by atoms with Gasteiger partial charge in [-0.25, -0.2) is 4.98 Å². The van der Waals surface area contributed by atoms with Gasteiger partial charge in [0.25, 0.3) is 0 Å². The summed E-state index contributed by atoms with van der Waals surface area (Å²) in [7, 11) is 2.04. The molecule has 1 atom stereocenters. The van der Waals surface area contributed by atoms with Crippen molar-refractivity contribution in [3.8, 4) is 0 Å². The number of fused-ring (bicyclic) bond motifs is 1. The molecule has 3 heteroatoms. The maximum atomic E-state index is 5.25. The molecule has 1 saturated heterocycles. The second kappa shape index (κ2) is 2.58. The van der Waals surface area contributed by atoms with Crippen molar-refractivity contribution in [3.63, 3.8) is 0 Å². The number of epoxide rings is 1. The second-order valence-corrected chi connectivity index (χ2v) is 3.79. The molecule has 0 N–H and O–H groups in total. The Kier molecular flexibility index (Phi) is 1.47. The van der Waals surface area contributed by atoms with Crippen LogP contribution in [-0.2, 0) is 11.8 Å². The first kappa shape index (κ1) is 8.00. The molecule has 0 bridgehead atoms. The summed E-state index contributed by atoms with van der Waals surface area (Å²) in [5.74, 6) is 1.05. The first-order chi connectivity index (χ1) is 6.75. The molecule has 0 spiro atoms. The number of nitrogens with zero attached hydrogens (tertiary/aromatic N) is 2. The Hall–Kier alpha value is -1.35. The Morgan fingerprint density at radius 1 is 1.50 bits per heavy atom. The van der Waals surface area contributed by atoms with Crippen LogP contribution in [0.2, 0.25) is 0 Å². The fourth-order valence-electron chi connectivity index (χ4n) is 1.78. The molecular formula is C11H12N2O. The van der Waals surface area contributed by atoms with E-state index in [4.69, 9.17) is 4.74 Å². The van der Waals surface area contributed by atoms with Crippen LogP contribution in [0.4, 0.5) is 0 Å². The van der Waals surface area contributed by atoms with Crippen LogP contribution in [0.1, 0.15) is 17.5 Å². The molecule has 1 aliphatic heterocycles. The highest BCUT2D eigenvalue weighted by molar-refractivity contribution is 5.77. The summed E-state index contributed by atoms with van der Waals surface area (Å²) in [5.41, 5.74) is 3.50. The Morgan fingerprint density at radius 2 is 2.29 bits per heavy atom. The minimum Gasteiger partial charge on any atom is -0.368 e. The predicted molar refractivity (Wildman–Crippen MR) is 54.1 cm³/mol. The minimum absolute atomic E-state index is 0.321. The highest BCUT2D eigenvalue weighted by atomic mass is 16.6. The van der Waals surface area contributed by atoms with Crippen molar-refractivity contribution in [2.75, 3.05) is 6.61 Å². The average molecular weight is 188 g/mol. The highest BCUT2D eigenvalue weighted by Gasteiger charge is 2.25. The third-order valence-electron chi connectivity index (χ3n) is 2.83. The molecule has 1 aliphatic rings. The van der Waals surface area contributed by atoms with E-state index in [0.717, 1.165) is 17.9 Å². The lowest BCUT2D eigenvalue weighted by atomic mass is 10.1. The van der Waals surface area contributed by atoms with E-state index in [0.29, 0.717) is 6.10 Å². The van der Waals surface area contributed by atoms with E-state index in [-0.39, 0.29) is 0 Å². The van der Waals surface area contributed by atoms with Crippen LogP contribution in [-0.4, -0.2) is 16.2 Å². The molecule has 3 nitrogen and oxygen atoms in total. The molecular weight excluding hydrogens is 176 g/mol. The number of benzene rings is 1. The predicted octanol–water partition coefficient (Wildman–Crippen LogP) is 1.95. The Balaban J connectivity index is 2.23. The third kappa shape index (κ3) is 1.06. The van der Waals surface area contributed by atoms with Gasteiger partial charge in [-0.15, -0.1) is 0 Å². The first-order valence-corrected chi connectivity index (χ1v) is 4.80. The smallest absolute Gasteiger partial charge is 0.106 e. The summed E-state index contributed by atoms with van der Waals surface area (Å²) in [5, 5.41) is 0. The van der Waals surface area contributed by atoms with Crippen molar-refractivity contribution < 1.29 is 4.74 Å². The zero-order valence-corrected chi connectivity index (χ0v) is 8.32. The lowest BCUT2D eigenvalue weighted by Gasteiger charge is -1.97. The number of ether oxygens (including phenoxy) is 1. The maximum absolute atomic E-state index is 5.25. The fourth-order valence-corrected chi connectivity index (χ4v) is 1.78. The maximum Gasteiger partial charge on any atom is 0.106 e. The van der Waals surface area contributed by atoms with E-state index < -0.39 is 0 Å². The second-order valence-electron chi connectivity index (χ2n) is 3.79. The monoisotopic (exact) mass is 188 g/mol. The first-order valence-electron chi connectivity index (χ1n) is 4.80. The molecule has 1 aromatic carbocycles. The molecule has 2 aromatic rings. The van der Waals surface area contributed by atoms with Gasteiger partial charge in [-0.3, -0.25) is 0 Å². The van der Waals surface area contributed by atoms with Crippen molar-refractivity contribution in [3.05, 3.63) is 29.6 Å². The van der Waals surface area contributed by atoms with Gasteiger partial charge in [-0.2, -0.15) is 0 Å². The van der Waals surface area contributed by atoms with Crippen LogP contribution >= 0.6 is 0 Å². The molecule has 1 aromatic heterocycles. The normalized spacial score (nSPS) is 20.3. The standard InChI is InChI=1S/C11H12N2O/c1-7-12-9-5-8(11-6-14-11)3-4-10(9)13(7)2/h3-5,11H,6H2,1-2H3. The Labute approximate surface area is 82.3 Å². The van der Waals surface area contributed by atoms with Crippen molar-refractivity contribution >= 4 is 11.0 Å². The third-order valence-corrected chi connectivity index (χ3v) is 2.83. The summed E-state index contributed by atoms with van der Waals surface area (Å²) in [6, 6.07) is 6.37. The molecule has 0 radical (unpaired) electrons. The molecule has 3 rings (SSSR count). The van der Waals surface area contributed by atoms with Crippen LogP contribution in [0, 0.1) is 6.92 Å². The van der Waals surface area contributed by atoms with Gasteiger partial charge >= 0.3 is 0 Å². The molecule has 1 fully saturated rings. The molecule has 72 valence electrons. The van der Waals surface area contributed by atoms with Gasteiger partial charge in [0.1, 0.15) is 11.9 Å². The quantitative estimate of drug-likeness (QED) is 0.640. The number of aromatic nitrogens is 2. The summed E-state index contributed by atoms with van der Waals surface area (Å²) < 4.78 is 7.35. The molecule has 0 aliphatic carbocycles. The Bertz CT molecular complexity index is 497. The Morgan fingerprint density at radius 3 is 3.00 bits per heavy atom. The summed E-state index contributed by atoms with van der Waals surface area (Å²) in [6.07, 6.45) is 0.321.